The molecule has 1 aliphatic heterocycles. The molecule has 1 saturated heterocycles. The molecule has 90 valence electrons. The summed E-state index contributed by atoms with van der Waals surface area (Å²) in [5.74, 6) is 0. The number of nitrogens with zero attached hydrogens (tertiary/aromatic N) is 3. The Hall–Kier alpha value is -0.460. The van der Waals surface area contributed by atoms with Crippen LogP contribution < -0.4 is 0 Å². The quantitative estimate of drug-likeness (QED) is 0.779. The molecule has 0 radical (unpaired) electrons. The SMILES string of the molecule is Brc1cnc2c(c1)c(Br)nn2C1CCCCO1. The van der Waals surface area contributed by atoms with E-state index >= 15 is 0 Å². The minimum Gasteiger partial charge on any atom is -0.356 e. The molecule has 0 aromatic carbocycles. The van der Waals surface area contributed by atoms with Crippen molar-refractivity contribution in [2.24, 2.45) is 0 Å². The second-order valence-corrected chi connectivity index (χ2v) is 5.75. The number of fused-ring (bicyclic) bond motifs is 1. The zero-order valence-electron chi connectivity index (χ0n) is 9.07. The lowest BCUT2D eigenvalue weighted by molar-refractivity contribution is -0.0371. The molecule has 1 atom stereocenters. The van der Waals surface area contributed by atoms with Crippen LogP contribution in [0.2, 0.25) is 0 Å². The van der Waals surface area contributed by atoms with Gasteiger partial charge in [-0.2, -0.15) is 5.10 Å². The third kappa shape index (κ3) is 2.13. The first-order chi connectivity index (χ1) is 8.25. The Kier molecular flexibility index (Phi) is 3.19. The minimum atomic E-state index is 0.0197. The topological polar surface area (TPSA) is 39.9 Å². The number of ether oxygens (including phenoxy) is 1. The number of aromatic nitrogens is 3. The van der Waals surface area contributed by atoms with Crippen molar-refractivity contribution in [3.63, 3.8) is 0 Å². The molecule has 2 aromatic heterocycles. The molecule has 1 fully saturated rings. The average Bonchev–Trinajstić information content (AvgIpc) is 2.68. The first-order valence-corrected chi connectivity index (χ1v) is 7.15. The zero-order chi connectivity index (χ0) is 11.8. The van der Waals surface area contributed by atoms with Gasteiger partial charge in [0, 0.05) is 17.3 Å². The van der Waals surface area contributed by atoms with Gasteiger partial charge in [0.1, 0.15) is 4.60 Å². The van der Waals surface area contributed by atoms with E-state index in [1.165, 1.54) is 6.42 Å². The predicted octanol–water partition coefficient (Wildman–Crippen LogP) is 3.66. The Morgan fingerprint density at radius 3 is 3.00 bits per heavy atom. The fraction of sp³-hybridized carbons (Fsp3) is 0.455. The van der Waals surface area contributed by atoms with Gasteiger partial charge in [-0.15, -0.1) is 0 Å². The van der Waals surface area contributed by atoms with Crippen molar-refractivity contribution >= 4 is 42.9 Å². The van der Waals surface area contributed by atoms with Gasteiger partial charge in [0.05, 0.1) is 5.39 Å². The summed E-state index contributed by atoms with van der Waals surface area (Å²) < 4.78 is 9.39. The largest absolute Gasteiger partial charge is 0.356 e. The molecule has 4 nitrogen and oxygen atoms in total. The molecule has 6 heteroatoms. The Balaban J connectivity index is 2.10. The molecule has 0 spiro atoms. The van der Waals surface area contributed by atoms with E-state index in [9.17, 15) is 0 Å². The summed E-state index contributed by atoms with van der Waals surface area (Å²) in [5.41, 5.74) is 0.868. The molecule has 2 aromatic rings. The molecule has 17 heavy (non-hydrogen) atoms. The maximum atomic E-state index is 5.74. The van der Waals surface area contributed by atoms with Crippen LogP contribution in [0.1, 0.15) is 25.5 Å². The second kappa shape index (κ2) is 4.66. The molecule has 0 saturated carbocycles. The molecule has 1 aliphatic rings. The first kappa shape index (κ1) is 11.6. The van der Waals surface area contributed by atoms with Crippen molar-refractivity contribution in [1.29, 1.82) is 0 Å². The zero-order valence-corrected chi connectivity index (χ0v) is 12.2. The Morgan fingerprint density at radius 1 is 1.35 bits per heavy atom. The van der Waals surface area contributed by atoms with Gasteiger partial charge in [-0.3, -0.25) is 0 Å². The van der Waals surface area contributed by atoms with Crippen LogP contribution in [0.5, 0.6) is 0 Å². The summed E-state index contributed by atoms with van der Waals surface area (Å²) in [6.07, 6.45) is 5.12. The van der Waals surface area contributed by atoms with E-state index < -0.39 is 0 Å². The summed E-state index contributed by atoms with van der Waals surface area (Å²) in [6, 6.07) is 2.01. The Bertz CT molecular complexity index is 549. The molecular weight excluding hydrogens is 350 g/mol. The normalized spacial score (nSPS) is 20.9. The van der Waals surface area contributed by atoms with Crippen molar-refractivity contribution in [3.05, 3.63) is 21.3 Å². The van der Waals surface area contributed by atoms with Gasteiger partial charge in [-0.1, -0.05) is 0 Å². The minimum absolute atomic E-state index is 0.0197. The third-order valence-corrected chi connectivity index (χ3v) is 3.92. The van der Waals surface area contributed by atoms with E-state index in [1.807, 2.05) is 10.7 Å². The van der Waals surface area contributed by atoms with Crippen molar-refractivity contribution in [1.82, 2.24) is 14.8 Å². The van der Waals surface area contributed by atoms with Gasteiger partial charge in [-0.25, -0.2) is 9.67 Å². The molecule has 0 N–H and O–H groups in total. The smallest absolute Gasteiger partial charge is 0.161 e. The predicted molar refractivity (Wildman–Crippen MR) is 71.8 cm³/mol. The summed E-state index contributed by atoms with van der Waals surface area (Å²) >= 11 is 6.89. The second-order valence-electron chi connectivity index (χ2n) is 4.08. The summed E-state index contributed by atoms with van der Waals surface area (Å²) in [4.78, 5) is 4.42. The monoisotopic (exact) mass is 359 g/mol. The number of rotatable bonds is 1. The fourth-order valence-electron chi connectivity index (χ4n) is 2.08. The fourth-order valence-corrected chi connectivity index (χ4v) is 2.87. The van der Waals surface area contributed by atoms with E-state index in [4.69, 9.17) is 4.74 Å². The van der Waals surface area contributed by atoms with Crippen molar-refractivity contribution in [2.45, 2.75) is 25.5 Å². The summed E-state index contributed by atoms with van der Waals surface area (Å²) in [5, 5.41) is 5.49. The van der Waals surface area contributed by atoms with Gasteiger partial charge in [-0.05, 0) is 57.2 Å². The van der Waals surface area contributed by atoms with Crippen LogP contribution in [-0.4, -0.2) is 21.4 Å². The lowest BCUT2D eigenvalue weighted by Gasteiger charge is -2.22. The highest BCUT2D eigenvalue weighted by atomic mass is 79.9. The summed E-state index contributed by atoms with van der Waals surface area (Å²) in [7, 11) is 0. The van der Waals surface area contributed by atoms with Crippen LogP contribution in [-0.2, 0) is 4.74 Å². The molecule has 0 amide bonds. The Labute approximate surface area is 116 Å². The maximum absolute atomic E-state index is 5.74. The maximum Gasteiger partial charge on any atom is 0.161 e. The lowest BCUT2D eigenvalue weighted by atomic mass is 10.2. The van der Waals surface area contributed by atoms with Crippen LogP contribution in [0.15, 0.2) is 21.3 Å². The molecule has 1 unspecified atom stereocenters. The molecule has 3 heterocycles. The van der Waals surface area contributed by atoms with E-state index in [0.29, 0.717) is 0 Å². The van der Waals surface area contributed by atoms with Crippen molar-refractivity contribution in [2.75, 3.05) is 6.61 Å². The van der Waals surface area contributed by atoms with Gasteiger partial charge in [0.15, 0.2) is 11.9 Å². The van der Waals surface area contributed by atoms with Gasteiger partial charge in [0.2, 0.25) is 0 Å². The van der Waals surface area contributed by atoms with Gasteiger partial charge in [0.25, 0.3) is 0 Å². The van der Waals surface area contributed by atoms with Crippen molar-refractivity contribution in [3.8, 4) is 0 Å². The van der Waals surface area contributed by atoms with E-state index in [-0.39, 0.29) is 6.23 Å². The number of halogens is 2. The molecule has 0 bridgehead atoms. The molecule has 0 aliphatic carbocycles. The van der Waals surface area contributed by atoms with Crippen LogP contribution >= 0.6 is 31.9 Å². The van der Waals surface area contributed by atoms with Crippen LogP contribution in [0, 0.1) is 0 Å². The van der Waals surface area contributed by atoms with E-state index in [0.717, 1.165) is 39.6 Å². The first-order valence-electron chi connectivity index (χ1n) is 5.56. The Morgan fingerprint density at radius 2 is 2.24 bits per heavy atom. The number of hydrogen-bond acceptors (Lipinski definition) is 3. The van der Waals surface area contributed by atoms with E-state index in [1.54, 1.807) is 6.20 Å². The third-order valence-electron chi connectivity index (χ3n) is 2.90. The number of hydrogen-bond donors (Lipinski definition) is 0. The van der Waals surface area contributed by atoms with Crippen molar-refractivity contribution < 1.29 is 4.74 Å². The molecular formula is C11H11Br2N3O. The number of pyridine rings is 1. The van der Waals surface area contributed by atoms with Gasteiger partial charge >= 0.3 is 0 Å². The highest BCUT2D eigenvalue weighted by Crippen LogP contribution is 2.30. The lowest BCUT2D eigenvalue weighted by Crippen LogP contribution is -2.19. The van der Waals surface area contributed by atoms with Crippen LogP contribution in [0.25, 0.3) is 11.0 Å². The standard InChI is InChI=1S/C11H11Br2N3O/c12-7-5-8-10(13)15-16(11(8)14-6-7)9-3-1-2-4-17-9/h5-6,9H,1-4H2. The average molecular weight is 361 g/mol. The highest BCUT2D eigenvalue weighted by molar-refractivity contribution is 9.11. The van der Waals surface area contributed by atoms with Gasteiger partial charge < -0.3 is 4.74 Å². The van der Waals surface area contributed by atoms with E-state index in [2.05, 4.69) is 41.9 Å². The molecule has 3 rings (SSSR count). The van der Waals surface area contributed by atoms with Crippen LogP contribution in [0.4, 0.5) is 0 Å². The van der Waals surface area contributed by atoms with Crippen LogP contribution in [0.3, 0.4) is 0 Å². The summed E-state index contributed by atoms with van der Waals surface area (Å²) in [6.45, 7) is 0.806. The highest BCUT2D eigenvalue weighted by Gasteiger charge is 2.21.